The van der Waals surface area contributed by atoms with Crippen LogP contribution in [0.4, 0.5) is 13.2 Å². The molecule has 2 aromatic rings. The lowest BCUT2D eigenvalue weighted by molar-refractivity contribution is -0.137. The second-order valence-electron chi connectivity index (χ2n) is 5.26. The number of aromatic amines is 1. The van der Waals surface area contributed by atoms with Gasteiger partial charge in [0.1, 0.15) is 5.82 Å². The number of hydrogen-bond acceptors (Lipinski definition) is 2. The Morgan fingerprint density at radius 2 is 2.05 bits per heavy atom. The first-order valence-corrected chi connectivity index (χ1v) is 6.76. The highest BCUT2D eigenvalue weighted by atomic mass is 19.4. The Morgan fingerprint density at radius 1 is 1.29 bits per heavy atom. The van der Waals surface area contributed by atoms with Gasteiger partial charge < -0.3 is 10.3 Å². The zero-order valence-electron chi connectivity index (χ0n) is 11.9. The molecule has 2 N–H and O–H groups in total. The van der Waals surface area contributed by atoms with E-state index >= 15 is 0 Å². The van der Waals surface area contributed by atoms with Crippen molar-refractivity contribution in [3.05, 3.63) is 53.6 Å². The summed E-state index contributed by atoms with van der Waals surface area (Å²) >= 11 is 0. The minimum absolute atomic E-state index is 0.156. The van der Waals surface area contributed by atoms with Gasteiger partial charge in [0.15, 0.2) is 0 Å². The van der Waals surface area contributed by atoms with Gasteiger partial charge >= 0.3 is 6.18 Å². The summed E-state index contributed by atoms with van der Waals surface area (Å²) in [6, 6.07) is 5.29. The molecule has 6 heteroatoms. The number of rotatable bonds is 5. The SMILES string of the molecule is CC(C)C(NCc1ncc[nH]1)c1cccc(C(F)(F)F)c1. The van der Waals surface area contributed by atoms with E-state index in [4.69, 9.17) is 0 Å². The van der Waals surface area contributed by atoms with Crippen LogP contribution in [0.5, 0.6) is 0 Å². The number of alkyl halides is 3. The Balaban J connectivity index is 2.18. The molecule has 1 atom stereocenters. The fourth-order valence-electron chi connectivity index (χ4n) is 2.25. The van der Waals surface area contributed by atoms with E-state index in [1.165, 1.54) is 12.1 Å². The number of halogens is 3. The van der Waals surface area contributed by atoms with Gasteiger partial charge in [-0.3, -0.25) is 0 Å². The lowest BCUT2D eigenvalue weighted by atomic mass is 9.94. The first-order valence-electron chi connectivity index (χ1n) is 6.76. The first kappa shape index (κ1) is 15.6. The Bertz CT molecular complexity index is 562. The molecule has 0 aliphatic rings. The number of nitrogens with one attached hydrogen (secondary N) is 2. The van der Waals surface area contributed by atoms with Crippen LogP contribution >= 0.6 is 0 Å². The third-order valence-corrected chi connectivity index (χ3v) is 3.28. The van der Waals surface area contributed by atoms with Crippen LogP contribution in [0.3, 0.4) is 0 Å². The van der Waals surface area contributed by atoms with Crippen LogP contribution < -0.4 is 5.32 Å². The van der Waals surface area contributed by atoms with Gasteiger partial charge in [0, 0.05) is 18.4 Å². The number of imidazole rings is 1. The molecule has 1 unspecified atom stereocenters. The first-order chi connectivity index (χ1) is 9.88. The van der Waals surface area contributed by atoms with Crippen LogP contribution in [0.25, 0.3) is 0 Å². The van der Waals surface area contributed by atoms with E-state index < -0.39 is 11.7 Å². The Kier molecular flexibility index (Phi) is 4.67. The van der Waals surface area contributed by atoms with Gasteiger partial charge in [-0.2, -0.15) is 13.2 Å². The summed E-state index contributed by atoms with van der Waals surface area (Å²) in [7, 11) is 0. The molecule has 0 aliphatic carbocycles. The van der Waals surface area contributed by atoms with Crippen LogP contribution in [0.15, 0.2) is 36.7 Å². The molecule has 3 nitrogen and oxygen atoms in total. The molecule has 2 rings (SSSR count). The largest absolute Gasteiger partial charge is 0.416 e. The summed E-state index contributed by atoms with van der Waals surface area (Å²) < 4.78 is 38.4. The van der Waals surface area contributed by atoms with Crippen LogP contribution in [0.2, 0.25) is 0 Å². The van der Waals surface area contributed by atoms with Crippen molar-refractivity contribution in [3.63, 3.8) is 0 Å². The normalized spacial score (nSPS) is 13.6. The molecule has 21 heavy (non-hydrogen) atoms. The number of nitrogens with zero attached hydrogens (tertiary/aromatic N) is 1. The predicted molar refractivity (Wildman–Crippen MR) is 74.5 cm³/mol. The number of benzene rings is 1. The molecule has 0 amide bonds. The minimum Gasteiger partial charge on any atom is -0.348 e. The van der Waals surface area contributed by atoms with Crippen LogP contribution in [0.1, 0.15) is 36.8 Å². The van der Waals surface area contributed by atoms with Crippen LogP contribution in [-0.2, 0) is 12.7 Å². The highest BCUT2D eigenvalue weighted by Gasteiger charge is 2.31. The highest BCUT2D eigenvalue weighted by Crippen LogP contribution is 2.32. The highest BCUT2D eigenvalue weighted by molar-refractivity contribution is 5.28. The van der Waals surface area contributed by atoms with Crippen molar-refractivity contribution in [2.45, 2.75) is 32.6 Å². The molecule has 0 saturated heterocycles. The molecule has 0 radical (unpaired) electrons. The second kappa shape index (κ2) is 6.30. The van der Waals surface area contributed by atoms with Crippen molar-refractivity contribution in [3.8, 4) is 0 Å². The summed E-state index contributed by atoms with van der Waals surface area (Å²) in [5.74, 6) is 0.913. The van der Waals surface area contributed by atoms with Gasteiger partial charge in [-0.05, 0) is 23.6 Å². The molecule has 0 bridgehead atoms. The minimum atomic E-state index is -4.32. The number of hydrogen-bond donors (Lipinski definition) is 2. The van der Waals surface area contributed by atoms with E-state index in [-0.39, 0.29) is 12.0 Å². The molecule has 1 aromatic carbocycles. The average Bonchev–Trinajstić information content (AvgIpc) is 2.91. The molecular weight excluding hydrogens is 279 g/mol. The maximum atomic E-state index is 12.8. The third kappa shape index (κ3) is 4.07. The second-order valence-corrected chi connectivity index (χ2v) is 5.26. The summed E-state index contributed by atoms with van der Waals surface area (Å²) in [5, 5.41) is 3.26. The Hall–Kier alpha value is -1.82. The average molecular weight is 297 g/mol. The van der Waals surface area contributed by atoms with Crippen molar-refractivity contribution in [1.29, 1.82) is 0 Å². The Morgan fingerprint density at radius 3 is 2.62 bits per heavy atom. The topological polar surface area (TPSA) is 40.7 Å². The fraction of sp³-hybridized carbons (Fsp3) is 0.400. The predicted octanol–water partition coefficient (Wildman–Crippen LogP) is 3.92. The van der Waals surface area contributed by atoms with Crippen LogP contribution in [-0.4, -0.2) is 9.97 Å². The van der Waals surface area contributed by atoms with Crippen molar-refractivity contribution in [1.82, 2.24) is 15.3 Å². The molecule has 0 spiro atoms. The van der Waals surface area contributed by atoms with Gasteiger partial charge in [0.2, 0.25) is 0 Å². The van der Waals surface area contributed by atoms with E-state index in [0.29, 0.717) is 12.1 Å². The van der Waals surface area contributed by atoms with E-state index in [2.05, 4.69) is 15.3 Å². The smallest absolute Gasteiger partial charge is 0.348 e. The fourth-order valence-corrected chi connectivity index (χ4v) is 2.25. The Labute approximate surface area is 121 Å². The quantitative estimate of drug-likeness (QED) is 0.878. The summed E-state index contributed by atoms with van der Waals surface area (Å²) in [6.45, 7) is 4.42. The van der Waals surface area contributed by atoms with Crippen LogP contribution in [0, 0.1) is 5.92 Å². The maximum Gasteiger partial charge on any atom is 0.416 e. The molecule has 0 saturated carbocycles. The van der Waals surface area contributed by atoms with Crippen molar-refractivity contribution in [2.75, 3.05) is 0 Å². The zero-order chi connectivity index (χ0) is 15.5. The molecular formula is C15H18F3N3. The van der Waals surface area contributed by atoms with E-state index in [9.17, 15) is 13.2 Å². The third-order valence-electron chi connectivity index (χ3n) is 3.28. The van der Waals surface area contributed by atoms with Gasteiger partial charge in [-0.15, -0.1) is 0 Å². The van der Waals surface area contributed by atoms with Crippen molar-refractivity contribution < 1.29 is 13.2 Å². The van der Waals surface area contributed by atoms with E-state index in [1.807, 2.05) is 13.8 Å². The molecule has 1 heterocycles. The lowest BCUT2D eigenvalue weighted by Gasteiger charge is -2.23. The monoisotopic (exact) mass is 297 g/mol. The maximum absolute atomic E-state index is 12.8. The van der Waals surface area contributed by atoms with Gasteiger partial charge in [0.25, 0.3) is 0 Å². The van der Waals surface area contributed by atoms with Gasteiger partial charge in [-0.1, -0.05) is 26.0 Å². The molecule has 0 aliphatic heterocycles. The van der Waals surface area contributed by atoms with Crippen molar-refractivity contribution in [2.24, 2.45) is 5.92 Å². The summed E-state index contributed by atoms with van der Waals surface area (Å²) in [4.78, 5) is 7.06. The van der Waals surface area contributed by atoms with Gasteiger partial charge in [0.05, 0.1) is 12.1 Å². The number of H-pyrrole nitrogens is 1. The zero-order valence-corrected chi connectivity index (χ0v) is 11.9. The lowest BCUT2D eigenvalue weighted by Crippen LogP contribution is -2.26. The van der Waals surface area contributed by atoms with E-state index in [1.54, 1.807) is 18.5 Å². The molecule has 114 valence electrons. The molecule has 0 fully saturated rings. The summed E-state index contributed by atoms with van der Waals surface area (Å²) in [5.41, 5.74) is 0.0110. The van der Waals surface area contributed by atoms with Crippen molar-refractivity contribution >= 4 is 0 Å². The standard InChI is InChI=1S/C15H18F3N3/c1-10(2)14(21-9-13-19-6-7-20-13)11-4-3-5-12(8-11)15(16,17)18/h3-8,10,14,21H,9H2,1-2H3,(H,19,20). The number of aromatic nitrogens is 2. The molecule has 1 aromatic heterocycles. The summed E-state index contributed by atoms with van der Waals surface area (Å²) in [6.07, 6.45) is -0.962. The van der Waals surface area contributed by atoms with Gasteiger partial charge in [-0.25, -0.2) is 4.98 Å². The van der Waals surface area contributed by atoms with E-state index in [0.717, 1.165) is 11.9 Å².